The summed E-state index contributed by atoms with van der Waals surface area (Å²) in [6, 6.07) is 14.8. The molecule has 0 radical (unpaired) electrons. The topological polar surface area (TPSA) is 77.3 Å². The molecule has 0 fully saturated rings. The molecule has 2 aromatic rings. The SMILES string of the molecule is CCC1(CC)c2ccccc2-c2ccc(/C(=N\OC(C)=O)C(C)/C(C)=N/OC(C)=O)cc21. The van der Waals surface area contributed by atoms with E-state index in [0.29, 0.717) is 11.4 Å². The summed E-state index contributed by atoms with van der Waals surface area (Å²) in [7, 11) is 0. The van der Waals surface area contributed by atoms with Gasteiger partial charge in [0.1, 0.15) is 0 Å². The third-order valence-corrected chi connectivity index (χ3v) is 6.40. The molecule has 6 heteroatoms. The van der Waals surface area contributed by atoms with Gasteiger partial charge in [-0.1, -0.05) is 67.5 Å². The van der Waals surface area contributed by atoms with E-state index in [-0.39, 0.29) is 11.3 Å². The first-order valence-corrected chi connectivity index (χ1v) is 11.0. The van der Waals surface area contributed by atoms with Gasteiger partial charge in [-0.05, 0) is 48.1 Å². The number of carbonyl (C=O) groups excluding carboxylic acids is 2. The van der Waals surface area contributed by atoms with Crippen LogP contribution in [0.25, 0.3) is 11.1 Å². The van der Waals surface area contributed by atoms with E-state index in [0.717, 1.165) is 18.4 Å². The van der Waals surface area contributed by atoms with Crippen LogP contribution in [0.5, 0.6) is 0 Å². The van der Waals surface area contributed by atoms with Gasteiger partial charge in [-0.25, -0.2) is 9.59 Å². The predicted molar refractivity (Wildman–Crippen MR) is 126 cm³/mol. The van der Waals surface area contributed by atoms with Gasteiger partial charge in [-0.2, -0.15) is 0 Å². The number of hydrogen-bond acceptors (Lipinski definition) is 6. The Morgan fingerprint density at radius 3 is 2.09 bits per heavy atom. The lowest BCUT2D eigenvalue weighted by atomic mass is 9.73. The molecule has 2 aromatic carbocycles. The highest BCUT2D eigenvalue weighted by molar-refractivity contribution is 6.14. The molecule has 168 valence electrons. The highest BCUT2D eigenvalue weighted by Crippen LogP contribution is 2.52. The summed E-state index contributed by atoms with van der Waals surface area (Å²) >= 11 is 0. The molecule has 32 heavy (non-hydrogen) atoms. The Balaban J connectivity index is 2.14. The first kappa shape index (κ1) is 23.4. The summed E-state index contributed by atoms with van der Waals surface area (Å²) in [6.45, 7) is 10.7. The summed E-state index contributed by atoms with van der Waals surface area (Å²) in [6.07, 6.45) is 1.94. The normalized spacial score (nSPS) is 15.6. The van der Waals surface area contributed by atoms with Crippen LogP contribution in [0.1, 0.15) is 71.1 Å². The maximum absolute atomic E-state index is 11.5. The second-order valence-electron chi connectivity index (χ2n) is 8.19. The van der Waals surface area contributed by atoms with Gasteiger partial charge in [0, 0.05) is 30.7 Å². The van der Waals surface area contributed by atoms with E-state index in [9.17, 15) is 9.59 Å². The molecular formula is C26H30N2O4. The molecular weight excluding hydrogens is 404 g/mol. The molecule has 6 nitrogen and oxygen atoms in total. The lowest BCUT2D eigenvalue weighted by Crippen LogP contribution is -2.25. The van der Waals surface area contributed by atoms with Gasteiger partial charge in [0.25, 0.3) is 0 Å². The standard InChI is InChI=1S/C26H30N2O4/c1-7-26(8-2)23-12-10-9-11-21(23)22-14-13-20(15-24(22)26)25(28-32-19(6)30)16(3)17(4)27-31-18(5)29/h9-16H,7-8H2,1-6H3/b27-17+,28-25-. The number of fused-ring (bicyclic) bond motifs is 3. The van der Waals surface area contributed by atoms with Gasteiger partial charge in [-0.3, -0.25) is 0 Å². The van der Waals surface area contributed by atoms with Crippen LogP contribution in [0, 0.1) is 5.92 Å². The molecule has 3 rings (SSSR count). The fraction of sp³-hybridized carbons (Fsp3) is 0.385. The van der Waals surface area contributed by atoms with Crippen LogP contribution in [0.3, 0.4) is 0 Å². The average molecular weight is 435 g/mol. The van der Waals surface area contributed by atoms with Gasteiger partial charge >= 0.3 is 11.9 Å². The summed E-state index contributed by atoms with van der Waals surface area (Å²) in [4.78, 5) is 32.5. The second kappa shape index (κ2) is 9.47. The van der Waals surface area contributed by atoms with Gasteiger partial charge in [0.2, 0.25) is 0 Å². The molecule has 0 aromatic heterocycles. The van der Waals surface area contributed by atoms with Crippen molar-refractivity contribution in [2.75, 3.05) is 0 Å². The number of rotatable bonds is 7. The number of nitrogens with zero attached hydrogens (tertiary/aromatic N) is 2. The molecule has 1 unspecified atom stereocenters. The first-order valence-electron chi connectivity index (χ1n) is 11.0. The van der Waals surface area contributed by atoms with Crippen molar-refractivity contribution < 1.29 is 19.3 Å². The number of carbonyl (C=O) groups is 2. The summed E-state index contributed by atoms with van der Waals surface area (Å²) in [5, 5.41) is 8.07. The lowest BCUT2D eigenvalue weighted by Gasteiger charge is -2.30. The first-order chi connectivity index (χ1) is 15.2. The molecule has 0 spiro atoms. The Labute approximate surface area is 189 Å². The molecule has 0 N–H and O–H groups in total. The second-order valence-corrected chi connectivity index (χ2v) is 8.19. The van der Waals surface area contributed by atoms with Crippen molar-refractivity contribution in [2.45, 2.75) is 59.8 Å². The van der Waals surface area contributed by atoms with E-state index in [1.165, 1.54) is 36.1 Å². The van der Waals surface area contributed by atoms with E-state index in [1.807, 2.05) is 13.0 Å². The lowest BCUT2D eigenvalue weighted by molar-refractivity contribution is -0.141. The summed E-state index contributed by atoms with van der Waals surface area (Å²) in [5.41, 5.74) is 6.93. The maximum atomic E-state index is 11.5. The maximum Gasteiger partial charge on any atom is 0.331 e. The summed E-state index contributed by atoms with van der Waals surface area (Å²) in [5.74, 6) is -1.34. The molecule has 0 bridgehead atoms. The molecule has 1 aliphatic rings. The van der Waals surface area contributed by atoms with Crippen LogP contribution in [-0.4, -0.2) is 23.4 Å². The fourth-order valence-corrected chi connectivity index (χ4v) is 4.53. The largest absolute Gasteiger partial charge is 0.331 e. The zero-order valence-electron chi connectivity index (χ0n) is 19.6. The van der Waals surface area contributed by atoms with E-state index in [2.05, 4.69) is 60.6 Å². The van der Waals surface area contributed by atoms with Crippen LogP contribution in [0.15, 0.2) is 52.8 Å². The molecule has 0 aliphatic heterocycles. The van der Waals surface area contributed by atoms with Crippen molar-refractivity contribution >= 4 is 23.4 Å². The third-order valence-electron chi connectivity index (χ3n) is 6.40. The number of benzene rings is 2. The number of oxime groups is 2. The average Bonchev–Trinajstić information content (AvgIpc) is 3.06. The molecule has 0 saturated heterocycles. The molecule has 1 aliphatic carbocycles. The monoisotopic (exact) mass is 434 g/mol. The van der Waals surface area contributed by atoms with E-state index in [1.54, 1.807) is 6.92 Å². The Bertz CT molecular complexity index is 1100. The van der Waals surface area contributed by atoms with E-state index in [4.69, 9.17) is 9.68 Å². The van der Waals surface area contributed by atoms with Gasteiger partial charge < -0.3 is 9.68 Å². The van der Waals surface area contributed by atoms with E-state index >= 15 is 0 Å². The van der Waals surface area contributed by atoms with Gasteiger partial charge in [0.15, 0.2) is 0 Å². The zero-order chi connectivity index (χ0) is 23.5. The van der Waals surface area contributed by atoms with Crippen molar-refractivity contribution in [2.24, 2.45) is 16.2 Å². The Hall–Kier alpha value is -3.28. The van der Waals surface area contributed by atoms with Crippen LogP contribution in [-0.2, 0) is 24.7 Å². The van der Waals surface area contributed by atoms with Gasteiger partial charge in [-0.15, -0.1) is 0 Å². The summed E-state index contributed by atoms with van der Waals surface area (Å²) < 4.78 is 0. The van der Waals surface area contributed by atoms with Crippen molar-refractivity contribution in [3.8, 4) is 11.1 Å². The quantitative estimate of drug-likeness (QED) is 0.322. The predicted octanol–water partition coefficient (Wildman–Crippen LogP) is 5.62. The highest BCUT2D eigenvalue weighted by Gasteiger charge is 2.40. The molecule has 0 amide bonds. The number of hydrogen-bond donors (Lipinski definition) is 0. The van der Waals surface area contributed by atoms with Crippen LogP contribution < -0.4 is 0 Å². The fourth-order valence-electron chi connectivity index (χ4n) is 4.53. The highest BCUT2D eigenvalue weighted by atomic mass is 16.7. The minimum atomic E-state index is -0.505. The third kappa shape index (κ3) is 4.22. The Morgan fingerprint density at radius 2 is 1.47 bits per heavy atom. The van der Waals surface area contributed by atoms with Gasteiger partial charge in [0.05, 0.1) is 11.4 Å². The molecule has 0 saturated carbocycles. The molecule has 1 atom stereocenters. The Kier molecular flexibility index (Phi) is 6.92. The van der Waals surface area contributed by atoms with Crippen LogP contribution in [0.2, 0.25) is 0 Å². The zero-order valence-corrected chi connectivity index (χ0v) is 19.6. The Morgan fingerprint density at radius 1 is 0.875 bits per heavy atom. The van der Waals surface area contributed by atoms with Crippen molar-refractivity contribution in [1.29, 1.82) is 0 Å². The van der Waals surface area contributed by atoms with Crippen molar-refractivity contribution in [3.63, 3.8) is 0 Å². The minimum absolute atomic E-state index is 0.0847. The van der Waals surface area contributed by atoms with Crippen molar-refractivity contribution in [1.82, 2.24) is 0 Å². The smallest absolute Gasteiger partial charge is 0.319 e. The minimum Gasteiger partial charge on any atom is -0.319 e. The van der Waals surface area contributed by atoms with Crippen molar-refractivity contribution in [3.05, 3.63) is 59.2 Å². The van der Waals surface area contributed by atoms with E-state index < -0.39 is 11.9 Å². The molecule has 0 heterocycles. The van der Waals surface area contributed by atoms with Crippen LogP contribution in [0.4, 0.5) is 0 Å². The van der Waals surface area contributed by atoms with Crippen LogP contribution >= 0.6 is 0 Å².